The Bertz CT molecular complexity index is 862. The van der Waals surface area contributed by atoms with E-state index in [9.17, 15) is 4.79 Å². The lowest BCUT2D eigenvalue weighted by atomic mass is 10.0. The van der Waals surface area contributed by atoms with Crippen LogP contribution in [0.5, 0.6) is 0 Å². The van der Waals surface area contributed by atoms with E-state index in [2.05, 4.69) is 15.3 Å². The number of aryl methyl sites for hydroxylation is 2. The minimum atomic E-state index is -0.442. The quantitative estimate of drug-likeness (QED) is 0.782. The fraction of sp³-hybridized carbons (Fsp3) is 0.167. The average Bonchev–Trinajstić information content (AvgIpc) is 2.92. The first-order valence-corrected chi connectivity index (χ1v) is 7.83. The van der Waals surface area contributed by atoms with Gasteiger partial charge in [0.15, 0.2) is 5.89 Å². The van der Waals surface area contributed by atoms with Crippen LogP contribution < -0.4 is 5.32 Å². The molecule has 122 valence electrons. The van der Waals surface area contributed by atoms with E-state index in [1.165, 1.54) is 0 Å². The summed E-state index contributed by atoms with van der Waals surface area (Å²) in [5, 5.41) is 3.55. The number of nitrogens with zero attached hydrogens (tertiary/aromatic N) is 2. The van der Waals surface area contributed by atoms with Gasteiger partial charge in [-0.3, -0.25) is 9.78 Å². The number of hydrogen-bond acceptors (Lipinski definition) is 4. The molecule has 0 aliphatic heterocycles. The fourth-order valence-corrected chi connectivity index (χ4v) is 2.70. The van der Waals surface area contributed by atoms with Crippen LogP contribution in [0, 0.1) is 13.8 Å². The summed E-state index contributed by atoms with van der Waals surface area (Å²) in [7, 11) is 0. The van der Waals surface area contributed by atoms with Crippen LogP contribution in [0.1, 0.15) is 39.4 Å². The van der Waals surface area contributed by atoms with Gasteiger partial charge >= 0.3 is 0 Å². The normalized spacial score (nSPS) is 12.0. The van der Waals surface area contributed by atoms with Gasteiger partial charge < -0.3 is 9.73 Å². The van der Waals surface area contributed by atoms with Crippen LogP contribution in [-0.2, 0) is 0 Å². The molecule has 0 bridgehead atoms. The number of carbonyl (C=O) groups is 1. The number of benzene rings is 1. The molecule has 5 nitrogen and oxygen atoms in total. The molecule has 1 aromatic carbocycles. The van der Waals surface area contributed by atoms with Gasteiger partial charge in [0.25, 0.3) is 5.91 Å². The molecule has 0 radical (unpaired) electrons. The van der Waals surface area contributed by atoms with Crippen LogP contribution in [0.25, 0.3) is 0 Å². The molecule has 2 aromatic heterocycles. The lowest BCUT2D eigenvalue weighted by Crippen LogP contribution is -2.30. The van der Waals surface area contributed by atoms with E-state index in [4.69, 9.17) is 16.0 Å². The summed E-state index contributed by atoms with van der Waals surface area (Å²) in [6.07, 6.45) is 1.68. The van der Waals surface area contributed by atoms with E-state index < -0.39 is 6.04 Å². The first kappa shape index (κ1) is 16.2. The van der Waals surface area contributed by atoms with Crippen molar-refractivity contribution in [2.45, 2.75) is 19.9 Å². The van der Waals surface area contributed by atoms with Crippen LogP contribution in [0.4, 0.5) is 0 Å². The highest BCUT2D eigenvalue weighted by Crippen LogP contribution is 2.24. The molecule has 6 heteroatoms. The van der Waals surface area contributed by atoms with Crippen molar-refractivity contribution in [3.05, 3.63) is 82.3 Å². The zero-order valence-electron chi connectivity index (χ0n) is 13.3. The summed E-state index contributed by atoms with van der Waals surface area (Å²) in [5.74, 6) is 0.314. The van der Waals surface area contributed by atoms with Crippen LogP contribution in [0.2, 0.25) is 5.02 Å². The molecule has 0 fully saturated rings. The number of carbonyl (C=O) groups excluding carboxylic acids is 1. The van der Waals surface area contributed by atoms with Gasteiger partial charge in [0.2, 0.25) is 5.76 Å². The minimum Gasteiger partial charge on any atom is -0.436 e. The van der Waals surface area contributed by atoms with Gasteiger partial charge in [-0.2, -0.15) is 0 Å². The zero-order chi connectivity index (χ0) is 17.1. The van der Waals surface area contributed by atoms with E-state index in [1.807, 2.05) is 30.3 Å². The molecule has 0 saturated heterocycles. The number of aromatic nitrogens is 2. The molecule has 0 saturated carbocycles. The third-order valence-corrected chi connectivity index (χ3v) is 3.79. The first-order valence-electron chi connectivity index (χ1n) is 7.46. The molecule has 3 rings (SSSR count). The summed E-state index contributed by atoms with van der Waals surface area (Å²) in [4.78, 5) is 21.1. The second-order valence-electron chi connectivity index (χ2n) is 5.36. The zero-order valence-corrected chi connectivity index (χ0v) is 14.0. The Morgan fingerprint density at radius 1 is 1.21 bits per heavy atom. The van der Waals surface area contributed by atoms with Crippen molar-refractivity contribution in [2.75, 3.05) is 0 Å². The van der Waals surface area contributed by atoms with Crippen molar-refractivity contribution in [3.8, 4) is 0 Å². The van der Waals surface area contributed by atoms with Crippen LogP contribution in [0.15, 0.2) is 53.1 Å². The molecule has 0 aliphatic carbocycles. The Morgan fingerprint density at radius 2 is 2.04 bits per heavy atom. The lowest BCUT2D eigenvalue weighted by molar-refractivity contribution is 0.0912. The molecule has 1 amide bonds. The number of halogens is 1. The number of oxazole rings is 1. The smallest absolute Gasteiger partial charge is 0.289 e. The molecular weight excluding hydrogens is 326 g/mol. The molecule has 1 atom stereocenters. The van der Waals surface area contributed by atoms with Gasteiger partial charge in [-0.05, 0) is 36.8 Å². The van der Waals surface area contributed by atoms with Crippen LogP contribution >= 0.6 is 11.6 Å². The molecule has 0 unspecified atom stereocenters. The van der Waals surface area contributed by atoms with Crippen molar-refractivity contribution in [1.82, 2.24) is 15.3 Å². The van der Waals surface area contributed by atoms with Gasteiger partial charge in [-0.1, -0.05) is 29.8 Å². The summed E-state index contributed by atoms with van der Waals surface area (Å²) >= 11 is 6.10. The number of nitrogens with one attached hydrogen (secondary N) is 1. The van der Waals surface area contributed by atoms with E-state index in [-0.39, 0.29) is 11.7 Å². The van der Waals surface area contributed by atoms with Crippen molar-refractivity contribution in [3.63, 3.8) is 0 Å². The molecule has 0 spiro atoms. The van der Waals surface area contributed by atoms with Crippen molar-refractivity contribution in [2.24, 2.45) is 0 Å². The maximum absolute atomic E-state index is 12.6. The van der Waals surface area contributed by atoms with E-state index >= 15 is 0 Å². The SMILES string of the molecule is Cc1nc(C)c(C(=O)N[C@@H](c2cccc(Cl)c2)c2ccccn2)o1. The number of rotatable bonds is 4. The van der Waals surface area contributed by atoms with Gasteiger partial charge in [0.05, 0.1) is 17.4 Å². The predicted octanol–water partition coefficient (Wildman–Crippen LogP) is 3.86. The molecular formula is C18H16ClN3O2. The average molecular weight is 342 g/mol. The Morgan fingerprint density at radius 3 is 2.67 bits per heavy atom. The third-order valence-electron chi connectivity index (χ3n) is 3.55. The topological polar surface area (TPSA) is 68.0 Å². The second-order valence-corrected chi connectivity index (χ2v) is 5.80. The van der Waals surface area contributed by atoms with Gasteiger partial charge in [0, 0.05) is 18.1 Å². The minimum absolute atomic E-state index is 0.204. The predicted molar refractivity (Wildman–Crippen MR) is 91.0 cm³/mol. The van der Waals surface area contributed by atoms with Crippen molar-refractivity contribution >= 4 is 17.5 Å². The van der Waals surface area contributed by atoms with Crippen LogP contribution in [-0.4, -0.2) is 15.9 Å². The molecule has 1 N–H and O–H groups in total. The summed E-state index contributed by atoms with van der Waals surface area (Å²) in [6, 6.07) is 12.4. The summed E-state index contributed by atoms with van der Waals surface area (Å²) in [6.45, 7) is 3.44. The highest BCUT2D eigenvalue weighted by atomic mass is 35.5. The molecule has 0 aliphatic rings. The number of hydrogen-bond donors (Lipinski definition) is 1. The van der Waals surface area contributed by atoms with Gasteiger partial charge in [0.1, 0.15) is 0 Å². The van der Waals surface area contributed by atoms with Crippen molar-refractivity contribution < 1.29 is 9.21 Å². The Hall–Kier alpha value is -2.66. The van der Waals surface area contributed by atoms with E-state index in [0.29, 0.717) is 22.3 Å². The summed E-state index contributed by atoms with van der Waals surface area (Å²) < 4.78 is 5.40. The maximum atomic E-state index is 12.6. The molecule has 3 aromatic rings. The summed E-state index contributed by atoms with van der Waals surface area (Å²) in [5.41, 5.74) is 2.10. The van der Waals surface area contributed by atoms with Gasteiger partial charge in [-0.15, -0.1) is 0 Å². The second kappa shape index (κ2) is 6.84. The van der Waals surface area contributed by atoms with Gasteiger partial charge in [-0.25, -0.2) is 4.98 Å². The highest BCUT2D eigenvalue weighted by molar-refractivity contribution is 6.30. The number of amides is 1. The fourth-order valence-electron chi connectivity index (χ4n) is 2.50. The number of pyridine rings is 1. The molecule has 2 heterocycles. The first-order chi connectivity index (χ1) is 11.5. The van der Waals surface area contributed by atoms with E-state index in [1.54, 1.807) is 32.2 Å². The maximum Gasteiger partial charge on any atom is 0.289 e. The third kappa shape index (κ3) is 3.46. The Labute approximate surface area is 144 Å². The van der Waals surface area contributed by atoms with Crippen LogP contribution in [0.3, 0.4) is 0 Å². The standard InChI is InChI=1S/C18H16ClN3O2/c1-11-17(24-12(2)21-11)18(23)22-16(15-8-3-4-9-20-15)13-6-5-7-14(19)10-13/h3-10,16H,1-2H3,(H,22,23)/t16-/m0/s1. The molecule has 24 heavy (non-hydrogen) atoms. The lowest BCUT2D eigenvalue weighted by Gasteiger charge is -2.18. The van der Waals surface area contributed by atoms with Crippen molar-refractivity contribution in [1.29, 1.82) is 0 Å². The van der Waals surface area contributed by atoms with E-state index in [0.717, 1.165) is 5.56 Å². The highest BCUT2D eigenvalue weighted by Gasteiger charge is 2.23. The Kier molecular flexibility index (Phi) is 4.62. The largest absolute Gasteiger partial charge is 0.436 e. The Balaban J connectivity index is 1.96. The monoisotopic (exact) mass is 341 g/mol.